The third-order valence-corrected chi connectivity index (χ3v) is 5.69. The minimum atomic E-state index is 0.00976. The number of carbonyl (C=O) groups excluding carboxylic acids is 1. The molecule has 0 aliphatic carbocycles. The quantitative estimate of drug-likeness (QED) is 0.563. The van der Waals surface area contributed by atoms with Crippen molar-refractivity contribution in [3.8, 4) is 11.5 Å². The molecular formula is C24H30N6O3. The first-order valence-electron chi connectivity index (χ1n) is 11.2. The molecule has 174 valence electrons. The fraction of sp³-hybridized carbons (Fsp3) is 0.417. The molecule has 0 saturated carbocycles. The summed E-state index contributed by atoms with van der Waals surface area (Å²) in [5.41, 5.74) is 2.25. The second kappa shape index (κ2) is 10.3. The summed E-state index contributed by atoms with van der Waals surface area (Å²) < 4.78 is 11.4. The molecule has 1 N–H and O–H groups in total. The van der Waals surface area contributed by atoms with Crippen LogP contribution in [0.1, 0.15) is 25.2 Å². The maximum absolute atomic E-state index is 13.1. The zero-order chi connectivity index (χ0) is 23.2. The Kier molecular flexibility index (Phi) is 7.07. The maximum atomic E-state index is 13.1. The maximum Gasteiger partial charge on any atom is 0.230 e. The third kappa shape index (κ3) is 5.60. The summed E-state index contributed by atoms with van der Waals surface area (Å²) in [6.45, 7) is 6.03. The molecule has 9 nitrogen and oxygen atoms in total. The lowest BCUT2D eigenvalue weighted by Crippen LogP contribution is -2.56. The molecular weight excluding hydrogens is 420 g/mol. The molecule has 4 rings (SSSR count). The SMILES string of the molecule is COc1ccc(N2CCN(C(=O)Cc3nn[nH]n3)C(Cc3ccccc3)C2)cc1OC(C)C. The second-order valence-electron chi connectivity index (χ2n) is 8.38. The first-order chi connectivity index (χ1) is 16.0. The normalized spacial score (nSPS) is 16.2. The molecule has 1 aliphatic rings. The average Bonchev–Trinajstić information content (AvgIpc) is 3.32. The van der Waals surface area contributed by atoms with Crippen molar-refractivity contribution in [2.75, 3.05) is 31.6 Å². The summed E-state index contributed by atoms with van der Waals surface area (Å²) in [6, 6.07) is 16.3. The number of H-pyrrole nitrogens is 1. The van der Waals surface area contributed by atoms with Crippen molar-refractivity contribution in [1.82, 2.24) is 25.5 Å². The highest BCUT2D eigenvalue weighted by molar-refractivity contribution is 5.78. The molecule has 0 radical (unpaired) electrons. The van der Waals surface area contributed by atoms with Crippen LogP contribution < -0.4 is 14.4 Å². The van der Waals surface area contributed by atoms with Crippen LogP contribution in [0.15, 0.2) is 48.5 Å². The van der Waals surface area contributed by atoms with Crippen LogP contribution in [0.25, 0.3) is 0 Å². The van der Waals surface area contributed by atoms with E-state index in [-0.39, 0.29) is 24.5 Å². The highest BCUT2D eigenvalue weighted by Crippen LogP contribution is 2.33. The number of aromatic nitrogens is 4. The Hall–Kier alpha value is -3.62. The number of methoxy groups -OCH3 is 1. The summed E-state index contributed by atoms with van der Waals surface area (Å²) in [5, 5.41) is 13.9. The lowest BCUT2D eigenvalue weighted by atomic mass is 10.0. The van der Waals surface area contributed by atoms with Gasteiger partial charge in [0.2, 0.25) is 5.91 Å². The zero-order valence-corrected chi connectivity index (χ0v) is 19.3. The number of hydrogen-bond acceptors (Lipinski definition) is 7. The van der Waals surface area contributed by atoms with Crippen molar-refractivity contribution in [3.63, 3.8) is 0 Å². The summed E-state index contributed by atoms with van der Waals surface area (Å²) in [5.74, 6) is 1.85. The Morgan fingerprint density at radius 2 is 1.97 bits per heavy atom. The Balaban J connectivity index is 1.56. The fourth-order valence-electron chi connectivity index (χ4n) is 4.18. The van der Waals surface area contributed by atoms with Crippen LogP contribution in [-0.4, -0.2) is 70.3 Å². The molecule has 2 heterocycles. The standard InChI is InChI=1S/C24H30N6O3/c1-17(2)33-22-14-19(9-10-21(22)32-3)29-11-12-30(24(31)15-23-25-27-28-26-23)20(16-29)13-18-7-5-4-6-8-18/h4-10,14,17,20H,11-13,15-16H2,1-3H3,(H,25,26,27,28). The minimum Gasteiger partial charge on any atom is -0.493 e. The van der Waals surface area contributed by atoms with Crippen LogP contribution in [-0.2, 0) is 17.6 Å². The summed E-state index contributed by atoms with van der Waals surface area (Å²) >= 11 is 0. The van der Waals surface area contributed by atoms with Gasteiger partial charge in [0, 0.05) is 31.4 Å². The van der Waals surface area contributed by atoms with Crippen LogP contribution in [0.5, 0.6) is 11.5 Å². The number of rotatable bonds is 8. The van der Waals surface area contributed by atoms with Gasteiger partial charge in [-0.25, -0.2) is 0 Å². The molecule has 1 fully saturated rings. The molecule has 3 aromatic rings. The number of anilines is 1. The lowest BCUT2D eigenvalue weighted by Gasteiger charge is -2.42. The van der Waals surface area contributed by atoms with Gasteiger partial charge in [-0.3, -0.25) is 4.79 Å². The predicted octanol–water partition coefficient (Wildman–Crippen LogP) is 2.50. The van der Waals surface area contributed by atoms with E-state index in [1.807, 2.05) is 55.1 Å². The Bertz CT molecular complexity index is 1040. The number of benzene rings is 2. The number of tetrazole rings is 1. The molecule has 1 aliphatic heterocycles. The number of aromatic amines is 1. The number of ether oxygens (including phenoxy) is 2. The van der Waals surface area contributed by atoms with Crippen molar-refractivity contribution in [2.45, 2.75) is 38.8 Å². The van der Waals surface area contributed by atoms with Crippen LogP contribution in [0, 0.1) is 0 Å². The van der Waals surface area contributed by atoms with Gasteiger partial charge in [0.05, 0.1) is 25.7 Å². The Morgan fingerprint density at radius 3 is 2.67 bits per heavy atom. The van der Waals surface area contributed by atoms with Crippen molar-refractivity contribution < 1.29 is 14.3 Å². The van der Waals surface area contributed by atoms with E-state index in [0.29, 0.717) is 24.7 Å². The monoisotopic (exact) mass is 450 g/mol. The van der Waals surface area contributed by atoms with Gasteiger partial charge in [-0.15, -0.1) is 10.2 Å². The Morgan fingerprint density at radius 1 is 1.15 bits per heavy atom. The third-order valence-electron chi connectivity index (χ3n) is 5.69. The van der Waals surface area contributed by atoms with Crippen molar-refractivity contribution in [1.29, 1.82) is 0 Å². The van der Waals surface area contributed by atoms with Crippen molar-refractivity contribution in [2.24, 2.45) is 0 Å². The number of nitrogens with zero attached hydrogens (tertiary/aromatic N) is 5. The van der Waals surface area contributed by atoms with Gasteiger partial charge in [0.25, 0.3) is 0 Å². The van der Waals surface area contributed by atoms with E-state index >= 15 is 0 Å². The van der Waals surface area contributed by atoms with E-state index in [4.69, 9.17) is 9.47 Å². The first kappa shape index (κ1) is 22.6. The highest BCUT2D eigenvalue weighted by Gasteiger charge is 2.31. The number of piperazine rings is 1. The first-order valence-corrected chi connectivity index (χ1v) is 11.2. The van der Waals surface area contributed by atoms with Gasteiger partial charge in [-0.2, -0.15) is 5.21 Å². The number of hydrogen-bond donors (Lipinski definition) is 1. The average molecular weight is 451 g/mol. The van der Waals surface area contributed by atoms with E-state index < -0.39 is 0 Å². The van der Waals surface area contributed by atoms with Crippen molar-refractivity contribution >= 4 is 11.6 Å². The van der Waals surface area contributed by atoms with Crippen LogP contribution in [0.3, 0.4) is 0 Å². The molecule has 33 heavy (non-hydrogen) atoms. The molecule has 2 aromatic carbocycles. The summed E-state index contributed by atoms with van der Waals surface area (Å²) in [6.07, 6.45) is 0.942. The molecule has 1 saturated heterocycles. The smallest absolute Gasteiger partial charge is 0.230 e. The van der Waals surface area contributed by atoms with Gasteiger partial charge in [0.15, 0.2) is 17.3 Å². The number of carbonyl (C=O) groups is 1. The zero-order valence-electron chi connectivity index (χ0n) is 19.3. The van der Waals surface area contributed by atoms with E-state index in [1.54, 1.807) is 7.11 Å². The summed E-state index contributed by atoms with van der Waals surface area (Å²) in [4.78, 5) is 17.4. The van der Waals surface area contributed by atoms with Crippen molar-refractivity contribution in [3.05, 3.63) is 59.9 Å². The van der Waals surface area contributed by atoms with Crippen LogP contribution in [0.2, 0.25) is 0 Å². The number of amides is 1. The topological polar surface area (TPSA) is 96.5 Å². The molecule has 1 amide bonds. The predicted molar refractivity (Wildman–Crippen MR) is 124 cm³/mol. The fourth-order valence-corrected chi connectivity index (χ4v) is 4.18. The van der Waals surface area contributed by atoms with Gasteiger partial charge < -0.3 is 19.3 Å². The van der Waals surface area contributed by atoms with Gasteiger partial charge in [-0.1, -0.05) is 35.5 Å². The largest absolute Gasteiger partial charge is 0.493 e. The van der Waals surface area contributed by atoms with Gasteiger partial charge >= 0.3 is 0 Å². The lowest BCUT2D eigenvalue weighted by molar-refractivity contribution is -0.133. The van der Waals surface area contributed by atoms with Crippen LogP contribution in [0.4, 0.5) is 5.69 Å². The Labute approximate surface area is 193 Å². The van der Waals surface area contributed by atoms with Gasteiger partial charge in [0.1, 0.15) is 0 Å². The van der Waals surface area contributed by atoms with E-state index in [1.165, 1.54) is 5.56 Å². The van der Waals surface area contributed by atoms with E-state index in [0.717, 1.165) is 24.4 Å². The molecule has 0 spiro atoms. The van der Waals surface area contributed by atoms with E-state index in [2.05, 4.69) is 37.7 Å². The number of nitrogens with one attached hydrogen (secondary N) is 1. The highest BCUT2D eigenvalue weighted by atomic mass is 16.5. The second-order valence-corrected chi connectivity index (χ2v) is 8.38. The van der Waals surface area contributed by atoms with E-state index in [9.17, 15) is 4.79 Å². The molecule has 9 heteroatoms. The molecule has 1 atom stereocenters. The minimum absolute atomic E-state index is 0.00976. The molecule has 1 unspecified atom stereocenters. The van der Waals surface area contributed by atoms with Crippen LogP contribution >= 0.6 is 0 Å². The molecule has 0 bridgehead atoms. The molecule has 1 aromatic heterocycles. The summed E-state index contributed by atoms with van der Waals surface area (Å²) in [7, 11) is 1.65. The van der Waals surface area contributed by atoms with Gasteiger partial charge in [-0.05, 0) is 38.0 Å².